The minimum absolute atomic E-state index is 0.0285. The number of halogens is 1. The summed E-state index contributed by atoms with van der Waals surface area (Å²) in [4.78, 5) is 23.5. The molecule has 1 aliphatic heterocycles. The molecule has 0 aliphatic carbocycles. The predicted molar refractivity (Wildman–Crippen MR) is 114 cm³/mol. The van der Waals surface area contributed by atoms with Gasteiger partial charge in [0, 0.05) is 36.5 Å². The van der Waals surface area contributed by atoms with Crippen molar-refractivity contribution in [3.05, 3.63) is 77.7 Å². The van der Waals surface area contributed by atoms with Gasteiger partial charge in [0.25, 0.3) is 5.91 Å². The van der Waals surface area contributed by atoms with Crippen LogP contribution in [-0.4, -0.2) is 39.9 Å². The maximum Gasteiger partial charge on any atom is 0.255 e. The van der Waals surface area contributed by atoms with Crippen LogP contribution in [0.3, 0.4) is 0 Å². The summed E-state index contributed by atoms with van der Waals surface area (Å²) in [6.45, 7) is 2.07. The molecule has 30 heavy (non-hydrogen) atoms. The summed E-state index contributed by atoms with van der Waals surface area (Å²) >= 11 is 0. The Bertz CT molecular complexity index is 1030. The van der Waals surface area contributed by atoms with Crippen LogP contribution in [0.25, 0.3) is 11.3 Å². The summed E-state index contributed by atoms with van der Waals surface area (Å²) < 4.78 is 14.0. The predicted octanol–water partition coefficient (Wildman–Crippen LogP) is 3.26. The van der Waals surface area contributed by atoms with E-state index in [0.29, 0.717) is 29.9 Å². The van der Waals surface area contributed by atoms with Crippen molar-refractivity contribution < 1.29 is 9.18 Å². The van der Waals surface area contributed by atoms with Crippen molar-refractivity contribution in [2.24, 2.45) is 0 Å². The third-order valence-corrected chi connectivity index (χ3v) is 5.29. The van der Waals surface area contributed by atoms with E-state index in [1.165, 1.54) is 12.3 Å². The number of anilines is 1. The minimum Gasteiger partial charge on any atom is -0.368 e. The van der Waals surface area contributed by atoms with E-state index in [1.54, 1.807) is 12.1 Å². The molecule has 3 aromatic rings. The van der Waals surface area contributed by atoms with Gasteiger partial charge in [-0.3, -0.25) is 9.69 Å². The van der Waals surface area contributed by atoms with Crippen LogP contribution >= 0.6 is 0 Å². The second kappa shape index (κ2) is 9.00. The number of aromatic nitrogens is 2. The van der Waals surface area contributed by atoms with Gasteiger partial charge in [-0.15, -0.1) is 0 Å². The highest BCUT2D eigenvalue weighted by Crippen LogP contribution is 2.22. The first-order valence-corrected chi connectivity index (χ1v) is 10.0. The molecule has 154 valence electrons. The van der Waals surface area contributed by atoms with E-state index in [-0.39, 0.29) is 23.7 Å². The van der Waals surface area contributed by atoms with Gasteiger partial charge in [0.05, 0.1) is 11.3 Å². The number of carbonyl (C=O) groups is 1. The fraction of sp³-hybridized carbons (Fsp3) is 0.261. The van der Waals surface area contributed by atoms with Gasteiger partial charge in [0.2, 0.25) is 5.95 Å². The van der Waals surface area contributed by atoms with Gasteiger partial charge in [0.1, 0.15) is 5.82 Å². The van der Waals surface area contributed by atoms with Crippen molar-refractivity contribution >= 4 is 11.9 Å². The zero-order chi connectivity index (χ0) is 20.9. The van der Waals surface area contributed by atoms with Crippen molar-refractivity contribution in [3.63, 3.8) is 0 Å². The Morgan fingerprint density at radius 2 is 1.93 bits per heavy atom. The number of piperidine rings is 1. The van der Waals surface area contributed by atoms with Gasteiger partial charge in [0.15, 0.2) is 0 Å². The lowest BCUT2D eigenvalue weighted by molar-refractivity contribution is 0.0900. The molecule has 1 aromatic heterocycles. The first-order chi connectivity index (χ1) is 14.6. The number of likely N-dealkylation sites (tertiary alicyclic amines) is 1. The number of nitrogens with zero attached hydrogens (tertiary/aromatic N) is 3. The number of benzene rings is 2. The van der Waals surface area contributed by atoms with Crippen molar-refractivity contribution in [2.75, 3.05) is 18.8 Å². The number of hydrogen-bond acceptors (Lipinski definition) is 5. The van der Waals surface area contributed by atoms with Crippen LogP contribution in [0.5, 0.6) is 0 Å². The standard InChI is InChI=1S/C23H24FN5O/c24-20-11-5-4-9-17(20)14-29-12-6-10-18(15-29)27-22(30)19-13-26-23(25)28-21(19)16-7-2-1-3-8-16/h1-5,7-9,11,13,18H,6,10,12,14-15H2,(H,27,30)(H2,25,26,28). The van der Waals surface area contributed by atoms with Crippen molar-refractivity contribution in [1.82, 2.24) is 20.2 Å². The second-order valence-corrected chi connectivity index (χ2v) is 7.50. The summed E-state index contributed by atoms with van der Waals surface area (Å²) in [5.41, 5.74) is 8.14. The van der Waals surface area contributed by atoms with Crippen molar-refractivity contribution in [2.45, 2.75) is 25.4 Å². The van der Waals surface area contributed by atoms with Crippen LogP contribution in [0.1, 0.15) is 28.8 Å². The van der Waals surface area contributed by atoms with Crippen LogP contribution in [0.4, 0.5) is 10.3 Å². The van der Waals surface area contributed by atoms with Gasteiger partial charge in [-0.2, -0.15) is 0 Å². The Kier molecular flexibility index (Phi) is 5.99. The zero-order valence-electron chi connectivity index (χ0n) is 16.6. The zero-order valence-corrected chi connectivity index (χ0v) is 16.6. The lowest BCUT2D eigenvalue weighted by atomic mass is 10.0. The lowest BCUT2D eigenvalue weighted by Gasteiger charge is -2.33. The van der Waals surface area contributed by atoms with Crippen LogP contribution in [-0.2, 0) is 6.54 Å². The molecule has 0 radical (unpaired) electrons. The Morgan fingerprint density at radius 3 is 2.73 bits per heavy atom. The molecule has 0 saturated carbocycles. The molecule has 6 nitrogen and oxygen atoms in total. The molecule has 2 heterocycles. The van der Waals surface area contributed by atoms with E-state index in [2.05, 4.69) is 20.2 Å². The topological polar surface area (TPSA) is 84.1 Å². The molecular weight excluding hydrogens is 381 g/mol. The molecule has 1 saturated heterocycles. The number of amides is 1. The summed E-state index contributed by atoms with van der Waals surface area (Å²) in [6, 6.07) is 16.2. The number of hydrogen-bond donors (Lipinski definition) is 2. The molecular formula is C23H24FN5O. The molecule has 1 fully saturated rings. The summed E-state index contributed by atoms with van der Waals surface area (Å²) in [7, 11) is 0. The molecule has 0 spiro atoms. The third kappa shape index (κ3) is 4.63. The molecule has 7 heteroatoms. The summed E-state index contributed by atoms with van der Waals surface area (Å²) in [5, 5.41) is 3.10. The number of nitrogen functional groups attached to an aromatic ring is 1. The van der Waals surface area contributed by atoms with Crippen molar-refractivity contribution in [3.8, 4) is 11.3 Å². The highest BCUT2D eigenvalue weighted by Gasteiger charge is 2.24. The average Bonchev–Trinajstić information content (AvgIpc) is 2.76. The average molecular weight is 405 g/mol. The molecule has 4 rings (SSSR count). The third-order valence-electron chi connectivity index (χ3n) is 5.29. The van der Waals surface area contributed by atoms with Crippen LogP contribution < -0.4 is 11.1 Å². The fourth-order valence-corrected chi connectivity index (χ4v) is 3.83. The molecule has 1 atom stereocenters. The highest BCUT2D eigenvalue weighted by molar-refractivity contribution is 6.00. The normalized spacial score (nSPS) is 16.9. The van der Waals surface area contributed by atoms with E-state index < -0.39 is 0 Å². The van der Waals surface area contributed by atoms with Gasteiger partial charge in [-0.25, -0.2) is 14.4 Å². The Balaban J connectivity index is 1.47. The fourth-order valence-electron chi connectivity index (χ4n) is 3.83. The van der Waals surface area contributed by atoms with Gasteiger partial charge >= 0.3 is 0 Å². The van der Waals surface area contributed by atoms with Crippen LogP contribution in [0, 0.1) is 5.82 Å². The second-order valence-electron chi connectivity index (χ2n) is 7.50. The largest absolute Gasteiger partial charge is 0.368 e. The van der Waals surface area contributed by atoms with E-state index in [9.17, 15) is 9.18 Å². The van der Waals surface area contributed by atoms with Gasteiger partial charge in [-0.1, -0.05) is 48.5 Å². The Hall–Kier alpha value is -3.32. The molecule has 1 unspecified atom stereocenters. The monoisotopic (exact) mass is 405 g/mol. The lowest BCUT2D eigenvalue weighted by Crippen LogP contribution is -2.47. The SMILES string of the molecule is Nc1ncc(C(=O)NC2CCCN(Cc3ccccc3F)C2)c(-c2ccccc2)n1. The summed E-state index contributed by atoms with van der Waals surface area (Å²) in [6.07, 6.45) is 3.28. The quantitative estimate of drug-likeness (QED) is 0.681. The van der Waals surface area contributed by atoms with E-state index >= 15 is 0 Å². The minimum atomic E-state index is -0.230. The van der Waals surface area contributed by atoms with Gasteiger partial charge in [-0.05, 0) is 25.5 Å². The molecule has 1 aliphatic rings. The maximum absolute atomic E-state index is 14.0. The van der Waals surface area contributed by atoms with E-state index in [0.717, 1.165) is 24.9 Å². The molecule has 0 bridgehead atoms. The number of nitrogens with two attached hydrogens (primary N) is 1. The molecule has 2 aromatic carbocycles. The molecule has 3 N–H and O–H groups in total. The Morgan fingerprint density at radius 1 is 1.17 bits per heavy atom. The van der Waals surface area contributed by atoms with Crippen LogP contribution in [0.15, 0.2) is 60.8 Å². The van der Waals surface area contributed by atoms with Crippen molar-refractivity contribution in [1.29, 1.82) is 0 Å². The number of rotatable bonds is 5. The first kappa shape index (κ1) is 20.0. The molecule has 1 amide bonds. The van der Waals surface area contributed by atoms with E-state index in [4.69, 9.17) is 5.73 Å². The van der Waals surface area contributed by atoms with Crippen LogP contribution in [0.2, 0.25) is 0 Å². The maximum atomic E-state index is 14.0. The van der Waals surface area contributed by atoms with Gasteiger partial charge < -0.3 is 11.1 Å². The summed E-state index contributed by atoms with van der Waals surface area (Å²) in [5.74, 6) is -0.305. The number of carbonyl (C=O) groups excluding carboxylic acids is 1. The smallest absolute Gasteiger partial charge is 0.255 e. The number of nitrogens with one attached hydrogen (secondary N) is 1. The Labute approximate surface area is 175 Å². The highest BCUT2D eigenvalue weighted by atomic mass is 19.1. The first-order valence-electron chi connectivity index (χ1n) is 10.0. The van der Waals surface area contributed by atoms with E-state index in [1.807, 2.05) is 36.4 Å².